The van der Waals surface area contributed by atoms with Gasteiger partial charge in [-0.2, -0.15) is 9.36 Å². The zero-order chi connectivity index (χ0) is 51.4. The van der Waals surface area contributed by atoms with Crippen molar-refractivity contribution in [3.8, 4) is 73.5 Å². The number of ether oxygens (including phenoxy) is 5. The molecule has 0 saturated carbocycles. The van der Waals surface area contributed by atoms with Crippen LogP contribution in [0.4, 0.5) is 9.59 Å². The molecule has 5 heterocycles. The number of aromatic nitrogens is 7. The molecule has 2 amide bonds. The van der Waals surface area contributed by atoms with Crippen molar-refractivity contribution in [2.75, 3.05) is 48.6 Å². The lowest BCUT2D eigenvalue weighted by Crippen LogP contribution is -2.46. The third-order valence-corrected chi connectivity index (χ3v) is 13.7. The maximum atomic E-state index is 13.4. The van der Waals surface area contributed by atoms with Gasteiger partial charge in [0.15, 0.2) is 0 Å². The van der Waals surface area contributed by atoms with Crippen LogP contribution >= 0.6 is 0 Å². The first-order valence-electron chi connectivity index (χ1n) is 24.9. The van der Waals surface area contributed by atoms with Crippen molar-refractivity contribution in [3.05, 3.63) is 157 Å². The van der Waals surface area contributed by atoms with Crippen molar-refractivity contribution >= 4 is 12.1 Å². The summed E-state index contributed by atoms with van der Waals surface area (Å²) >= 11 is 0. The molecule has 3 aromatic heterocycles. The van der Waals surface area contributed by atoms with Gasteiger partial charge in [-0.15, -0.1) is 10.2 Å². The average molecular weight is 996 g/mol. The quantitative estimate of drug-likeness (QED) is 0.108. The third kappa shape index (κ3) is 11.4. The lowest BCUT2D eigenvalue weighted by atomic mass is 9.96. The first-order valence-corrected chi connectivity index (χ1v) is 24.9. The minimum absolute atomic E-state index is 0.128. The molecule has 2 aliphatic rings. The largest absolute Gasteiger partial charge is 0.496 e. The standard InChI is InChI=1S/C30H32N4O4.C28H29N5O3/c1-36-25-18-27(37-2)29(28(19-25)38-3)23-14-12-22(13-15-23)26-20-34(32-31-26)30(35)33-16-8-7-11-24(33)17-21-9-5-4-6-10-21;1-35-25-17-29-18-26(36-2)27(25)22-13-11-21(12-14-22)24-19-33(31-30-24)28(34)32-15-7-6-10-23(32)16-20-8-4-3-5-9-20/h4-6,9-10,12-15,18-20,24H,7-8,11,16-17H2,1-3H3;3-5,8-9,11-14,17-19,23H,6-7,10,15-16H2,1-2H3. The normalized spacial score (nSPS) is 15.4. The van der Waals surface area contributed by atoms with Crippen molar-refractivity contribution in [1.82, 2.24) is 44.8 Å². The molecule has 0 spiro atoms. The van der Waals surface area contributed by atoms with E-state index in [9.17, 15) is 9.59 Å². The molecule has 2 fully saturated rings. The molecule has 2 saturated heterocycles. The van der Waals surface area contributed by atoms with Gasteiger partial charge in [0.05, 0.1) is 71.5 Å². The molecule has 0 bridgehead atoms. The zero-order valence-corrected chi connectivity index (χ0v) is 42.5. The second-order valence-corrected chi connectivity index (χ2v) is 18.2. The second-order valence-electron chi connectivity index (χ2n) is 18.2. The maximum absolute atomic E-state index is 13.4. The molecule has 2 unspecified atom stereocenters. The minimum Gasteiger partial charge on any atom is -0.496 e. The number of likely N-dealkylation sites (tertiary alicyclic amines) is 2. The molecule has 2 aliphatic heterocycles. The van der Waals surface area contributed by atoms with Gasteiger partial charge in [0.1, 0.15) is 40.1 Å². The summed E-state index contributed by atoms with van der Waals surface area (Å²) in [7, 11) is 8.06. The number of rotatable bonds is 13. The summed E-state index contributed by atoms with van der Waals surface area (Å²) in [5.41, 5.74) is 8.98. The Morgan fingerprint density at radius 1 is 0.486 bits per heavy atom. The van der Waals surface area contributed by atoms with Crippen LogP contribution in [0.1, 0.15) is 49.7 Å². The highest BCUT2D eigenvalue weighted by Crippen LogP contribution is 2.42. The molecule has 5 aromatic carbocycles. The van der Waals surface area contributed by atoms with Gasteiger partial charge in [-0.3, -0.25) is 4.98 Å². The molecule has 16 nitrogen and oxygen atoms in total. The number of amides is 2. The fourth-order valence-corrected chi connectivity index (χ4v) is 9.87. The molecule has 0 N–H and O–H groups in total. The Bertz CT molecular complexity index is 3080. The number of piperidine rings is 2. The first-order chi connectivity index (χ1) is 36.3. The lowest BCUT2D eigenvalue weighted by Gasteiger charge is -2.35. The van der Waals surface area contributed by atoms with Crippen LogP contribution < -0.4 is 23.7 Å². The summed E-state index contributed by atoms with van der Waals surface area (Å²) in [5.74, 6) is 3.21. The number of methoxy groups -OCH3 is 5. The number of hydrogen-bond donors (Lipinski definition) is 0. The summed E-state index contributed by atoms with van der Waals surface area (Å²) in [6.45, 7) is 1.46. The van der Waals surface area contributed by atoms with E-state index in [2.05, 4.69) is 49.9 Å². The molecular formula is C58H61N9O7. The summed E-state index contributed by atoms with van der Waals surface area (Å²) in [6.07, 6.45) is 14.7. The Kier molecular flexibility index (Phi) is 16.2. The fourth-order valence-electron chi connectivity index (χ4n) is 9.87. The number of carbonyl (C=O) groups is 2. The van der Waals surface area contributed by atoms with E-state index in [1.165, 1.54) is 20.5 Å². The van der Waals surface area contributed by atoms with Crippen molar-refractivity contribution < 1.29 is 33.3 Å². The molecule has 0 aliphatic carbocycles. The van der Waals surface area contributed by atoms with E-state index in [4.69, 9.17) is 23.7 Å². The lowest BCUT2D eigenvalue weighted by molar-refractivity contribution is 0.148. The minimum atomic E-state index is -0.131. The van der Waals surface area contributed by atoms with Crippen LogP contribution in [0.15, 0.2) is 146 Å². The smallest absolute Gasteiger partial charge is 0.346 e. The fraction of sp³-hybridized carbons (Fsp3) is 0.293. The van der Waals surface area contributed by atoms with E-state index in [1.807, 2.05) is 107 Å². The summed E-state index contributed by atoms with van der Waals surface area (Å²) < 4.78 is 30.3. The van der Waals surface area contributed by atoms with Crippen LogP contribution in [-0.4, -0.2) is 118 Å². The molecule has 8 aromatic rings. The number of hydrogen-bond acceptors (Lipinski definition) is 12. The Morgan fingerprint density at radius 3 is 1.27 bits per heavy atom. The van der Waals surface area contributed by atoms with Gasteiger partial charge in [-0.05, 0) is 73.6 Å². The van der Waals surface area contributed by atoms with Crippen LogP contribution in [0.3, 0.4) is 0 Å². The molecule has 0 radical (unpaired) electrons. The molecule has 74 heavy (non-hydrogen) atoms. The predicted octanol–water partition coefficient (Wildman–Crippen LogP) is 10.8. The number of pyridine rings is 1. The zero-order valence-electron chi connectivity index (χ0n) is 42.5. The van der Waals surface area contributed by atoms with E-state index < -0.39 is 0 Å². The SMILES string of the molecule is COc1cc(OC)c(-c2ccc(-c3cn(C(=O)N4CCCCC4Cc4ccccc4)nn3)cc2)c(OC)c1.COc1cncc(OC)c1-c1ccc(-c2cn(C(=O)N3CCCCC3Cc3ccccc3)nn2)cc1. The van der Waals surface area contributed by atoms with E-state index in [-0.39, 0.29) is 24.1 Å². The van der Waals surface area contributed by atoms with Gasteiger partial charge in [0.25, 0.3) is 0 Å². The van der Waals surface area contributed by atoms with Crippen molar-refractivity contribution in [3.63, 3.8) is 0 Å². The van der Waals surface area contributed by atoms with Crippen LogP contribution in [0.2, 0.25) is 0 Å². The Balaban J connectivity index is 0.000000182. The topological polar surface area (TPSA) is 161 Å². The predicted molar refractivity (Wildman–Crippen MR) is 283 cm³/mol. The third-order valence-electron chi connectivity index (χ3n) is 13.7. The van der Waals surface area contributed by atoms with E-state index >= 15 is 0 Å². The maximum Gasteiger partial charge on any atom is 0.346 e. The van der Waals surface area contributed by atoms with E-state index in [0.29, 0.717) is 40.1 Å². The van der Waals surface area contributed by atoms with Crippen molar-refractivity contribution in [2.45, 2.75) is 63.5 Å². The molecule has 2 atom stereocenters. The van der Waals surface area contributed by atoms with Gasteiger partial charge in [-0.25, -0.2) is 9.59 Å². The van der Waals surface area contributed by atoms with Crippen LogP contribution in [0, 0.1) is 0 Å². The van der Waals surface area contributed by atoms with Gasteiger partial charge in [0, 0.05) is 48.4 Å². The first kappa shape index (κ1) is 50.4. The Hall–Kier alpha value is -8.53. The average Bonchev–Trinajstić information content (AvgIpc) is 4.18. The highest BCUT2D eigenvalue weighted by atomic mass is 16.5. The number of benzene rings is 5. The highest BCUT2D eigenvalue weighted by molar-refractivity contribution is 5.82. The van der Waals surface area contributed by atoms with E-state index in [0.717, 1.165) is 97.8 Å². The number of nitrogens with zero attached hydrogens (tertiary/aromatic N) is 9. The summed E-state index contributed by atoms with van der Waals surface area (Å²) in [4.78, 5) is 34.8. The van der Waals surface area contributed by atoms with Crippen molar-refractivity contribution in [1.29, 1.82) is 0 Å². The van der Waals surface area contributed by atoms with Gasteiger partial charge in [0.2, 0.25) is 0 Å². The Morgan fingerprint density at radius 2 is 0.878 bits per heavy atom. The Labute approximate surface area is 431 Å². The molecule has 380 valence electrons. The van der Waals surface area contributed by atoms with Crippen LogP contribution in [0.25, 0.3) is 44.8 Å². The molecular weight excluding hydrogens is 935 g/mol. The number of carbonyl (C=O) groups excluding carboxylic acids is 2. The van der Waals surface area contributed by atoms with Crippen molar-refractivity contribution in [2.24, 2.45) is 0 Å². The van der Waals surface area contributed by atoms with Gasteiger partial charge >= 0.3 is 12.1 Å². The van der Waals surface area contributed by atoms with Crippen LogP contribution in [0.5, 0.6) is 28.7 Å². The molecule has 16 heteroatoms. The summed E-state index contributed by atoms with van der Waals surface area (Å²) in [5, 5.41) is 16.9. The van der Waals surface area contributed by atoms with Gasteiger partial charge < -0.3 is 33.5 Å². The van der Waals surface area contributed by atoms with Gasteiger partial charge in [-0.1, -0.05) is 120 Å². The van der Waals surface area contributed by atoms with E-state index in [1.54, 1.807) is 60.3 Å². The van der Waals surface area contributed by atoms with Crippen LogP contribution in [-0.2, 0) is 12.8 Å². The molecule has 10 rings (SSSR count). The summed E-state index contributed by atoms with van der Waals surface area (Å²) in [6, 6.07) is 40.1. The monoisotopic (exact) mass is 995 g/mol. The highest BCUT2D eigenvalue weighted by Gasteiger charge is 2.30. The second kappa shape index (κ2) is 23.8.